The molecule has 0 aromatic carbocycles. The summed E-state index contributed by atoms with van der Waals surface area (Å²) in [6.45, 7) is 1.36. The van der Waals surface area contributed by atoms with Crippen LogP contribution in [0.4, 0.5) is 16.3 Å². The topological polar surface area (TPSA) is 36.4 Å². The van der Waals surface area contributed by atoms with Crippen molar-refractivity contribution >= 4 is 28.5 Å². The Hall–Kier alpha value is -1.29. The summed E-state index contributed by atoms with van der Waals surface area (Å²) >= 11 is 5.47. The van der Waals surface area contributed by atoms with Crippen LogP contribution in [0.3, 0.4) is 0 Å². The van der Waals surface area contributed by atoms with Crippen LogP contribution in [0.15, 0.2) is 18.3 Å². The number of nitrogens with zero attached hydrogens (tertiary/aromatic N) is 3. The number of likely N-dealkylation sites (N-methyl/N-ethyl adjacent to an activating group) is 1. The van der Waals surface area contributed by atoms with Gasteiger partial charge < -0.3 is 4.90 Å². The number of fused-ring (bicyclic) bond motifs is 1. The molecule has 1 aromatic rings. The molecule has 0 saturated heterocycles. The molecular weight excluding hydrogens is 202 g/mol. The first-order chi connectivity index (χ1) is 6.70. The Morgan fingerprint density at radius 1 is 1.57 bits per heavy atom. The lowest BCUT2D eigenvalue weighted by molar-refractivity contribution is 0.264. The van der Waals surface area contributed by atoms with Gasteiger partial charge in [0, 0.05) is 26.3 Å². The molecule has 1 aliphatic rings. The van der Waals surface area contributed by atoms with Crippen LogP contribution in [0.5, 0.6) is 0 Å². The molecule has 0 atom stereocenters. The molecular formula is C9H10ClN3O. The second-order valence-corrected chi connectivity index (χ2v) is 3.50. The number of pyridine rings is 1. The van der Waals surface area contributed by atoms with Crippen LogP contribution in [-0.4, -0.2) is 30.5 Å². The van der Waals surface area contributed by atoms with Crippen molar-refractivity contribution in [2.24, 2.45) is 0 Å². The van der Waals surface area contributed by atoms with Crippen molar-refractivity contribution in [3.63, 3.8) is 0 Å². The first-order valence-corrected chi connectivity index (χ1v) is 4.71. The maximum absolute atomic E-state index is 11.1. The highest BCUT2D eigenvalue weighted by atomic mass is 35.5. The van der Waals surface area contributed by atoms with E-state index in [2.05, 4.69) is 4.98 Å². The summed E-state index contributed by atoms with van der Waals surface area (Å²) in [7, 11) is 1.95. The maximum Gasteiger partial charge on any atom is 0.320 e. The third-order valence-corrected chi connectivity index (χ3v) is 2.49. The molecule has 0 N–H and O–H groups in total. The van der Waals surface area contributed by atoms with Crippen molar-refractivity contribution < 1.29 is 4.79 Å². The summed E-state index contributed by atoms with van der Waals surface area (Å²) in [5.74, 6) is 0.799. The maximum atomic E-state index is 11.1. The van der Waals surface area contributed by atoms with Crippen molar-refractivity contribution in [1.29, 1.82) is 0 Å². The van der Waals surface area contributed by atoms with Gasteiger partial charge in [-0.25, -0.2) is 4.98 Å². The number of halogens is 1. The molecule has 0 radical (unpaired) electrons. The number of amides is 1. The summed E-state index contributed by atoms with van der Waals surface area (Å²) in [6.07, 6.45) is 1.71. The molecule has 5 heteroatoms. The van der Waals surface area contributed by atoms with Crippen molar-refractivity contribution in [2.75, 3.05) is 29.9 Å². The number of hydrogen-bond donors (Lipinski definition) is 0. The first-order valence-electron chi connectivity index (χ1n) is 4.33. The van der Waals surface area contributed by atoms with Crippen molar-refractivity contribution in [1.82, 2.24) is 4.98 Å². The molecule has 1 amide bonds. The van der Waals surface area contributed by atoms with E-state index in [0.717, 1.165) is 18.1 Å². The molecule has 4 nitrogen and oxygen atoms in total. The van der Waals surface area contributed by atoms with Crippen LogP contribution < -0.4 is 9.80 Å². The standard InChI is InChI=1S/C9H10ClN3O/c1-12-5-6-13(9(10)14)7-3-2-4-11-8(7)12/h2-4H,5-6H2,1H3. The Kier molecular flexibility index (Phi) is 2.29. The lowest BCUT2D eigenvalue weighted by Crippen LogP contribution is -2.40. The van der Waals surface area contributed by atoms with Crippen molar-refractivity contribution in [3.05, 3.63) is 18.3 Å². The highest BCUT2D eigenvalue weighted by molar-refractivity contribution is 6.66. The third-order valence-electron chi connectivity index (χ3n) is 2.29. The Bertz CT molecular complexity index is 369. The summed E-state index contributed by atoms with van der Waals surface area (Å²) < 4.78 is 0. The number of aromatic nitrogens is 1. The van der Waals surface area contributed by atoms with E-state index in [1.54, 1.807) is 12.3 Å². The lowest BCUT2D eigenvalue weighted by Gasteiger charge is -2.32. The quantitative estimate of drug-likeness (QED) is 0.484. The van der Waals surface area contributed by atoms with Gasteiger partial charge in [0.25, 0.3) is 0 Å². The monoisotopic (exact) mass is 211 g/mol. The van der Waals surface area contributed by atoms with E-state index in [4.69, 9.17) is 11.6 Å². The number of rotatable bonds is 0. The fraction of sp³-hybridized carbons (Fsp3) is 0.333. The largest absolute Gasteiger partial charge is 0.356 e. The van der Waals surface area contributed by atoms with Crippen LogP contribution >= 0.6 is 11.6 Å². The van der Waals surface area contributed by atoms with E-state index in [-0.39, 0.29) is 0 Å². The minimum Gasteiger partial charge on any atom is -0.356 e. The molecule has 0 saturated carbocycles. The fourth-order valence-corrected chi connectivity index (χ4v) is 1.73. The van der Waals surface area contributed by atoms with Crippen molar-refractivity contribution in [2.45, 2.75) is 0 Å². The van der Waals surface area contributed by atoms with Gasteiger partial charge in [0.15, 0.2) is 5.82 Å². The average Bonchev–Trinajstić information content (AvgIpc) is 2.18. The second kappa shape index (κ2) is 3.46. The molecule has 2 rings (SSSR count). The average molecular weight is 212 g/mol. The Labute approximate surface area is 87.1 Å². The SMILES string of the molecule is CN1CCN(C(=O)Cl)c2cccnc21. The molecule has 0 aliphatic carbocycles. The summed E-state index contributed by atoms with van der Waals surface area (Å²) in [5.41, 5.74) is 0.779. The Morgan fingerprint density at radius 3 is 3.07 bits per heavy atom. The van der Waals surface area contributed by atoms with E-state index in [9.17, 15) is 4.79 Å². The highest BCUT2D eigenvalue weighted by Crippen LogP contribution is 2.29. The molecule has 2 heterocycles. The third kappa shape index (κ3) is 1.42. The van der Waals surface area contributed by atoms with Gasteiger partial charge in [0.1, 0.15) is 0 Å². The molecule has 0 bridgehead atoms. The van der Waals surface area contributed by atoms with Gasteiger partial charge in [-0.15, -0.1) is 0 Å². The van der Waals surface area contributed by atoms with E-state index in [1.165, 1.54) is 4.90 Å². The Balaban J connectivity index is 2.46. The van der Waals surface area contributed by atoms with Crippen LogP contribution in [0.1, 0.15) is 0 Å². The fourth-order valence-electron chi connectivity index (χ4n) is 1.55. The van der Waals surface area contributed by atoms with E-state index < -0.39 is 5.37 Å². The molecule has 0 spiro atoms. The van der Waals surface area contributed by atoms with Gasteiger partial charge in [-0.3, -0.25) is 9.69 Å². The van der Waals surface area contributed by atoms with Gasteiger partial charge in [-0.1, -0.05) is 0 Å². The summed E-state index contributed by atoms with van der Waals surface area (Å²) in [4.78, 5) is 18.9. The number of anilines is 2. The molecule has 1 aliphatic heterocycles. The molecule has 0 fully saturated rings. The van der Waals surface area contributed by atoms with Gasteiger partial charge in [0.05, 0.1) is 5.69 Å². The number of carbonyl (C=O) groups excluding carboxylic acids is 1. The van der Waals surface area contributed by atoms with E-state index in [1.807, 2.05) is 18.0 Å². The predicted octanol–water partition coefficient (Wildman–Crippen LogP) is 1.70. The van der Waals surface area contributed by atoms with Gasteiger partial charge in [-0.05, 0) is 23.7 Å². The van der Waals surface area contributed by atoms with Gasteiger partial charge in [0.2, 0.25) is 0 Å². The van der Waals surface area contributed by atoms with Crippen LogP contribution in [-0.2, 0) is 0 Å². The minimum absolute atomic E-state index is 0.452. The lowest BCUT2D eigenvalue weighted by atomic mass is 10.2. The normalized spacial score (nSPS) is 15.3. The Morgan fingerprint density at radius 2 is 2.36 bits per heavy atom. The minimum atomic E-state index is -0.452. The first kappa shape index (κ1) is 9.27. The predicted molar refractivity (Wildman–Crippen MR) is 56.1 cm³/mol. The van der Waals surface area contributed by atoms with E-state index in [0.29, 0.717) is 6.54 Å². The van der Waals surface area contributed by atoms with Gasteiger partial charge >= 0.3 is 5.37 Å². The smallest absolute Gasteiger partial charge is 0.320 e. The zero-order chi connectivity index (χ0) is 10.1. The zero-order valence-corrected chi connectivity index (χ0v) is 8.53. The van der Waals surface area contributed by atoms with Gasteiger partial charge in [-0.2, -0.15) is 0 Å². The van der Waals surface area contributed by atoms with E-state index >= 15 is 0 Å². The van der Waals surface area contributed by atoms with Crippen molar-refractivity contribution in [3.8, 4) is 0 Å². The second-order valence-electron chi connectivity index (χ2n) is 3.17. The zero-order valence-electron chi connectivity index (χ0n) is 7.77. The molecule has 0 unspecified atom stereocenters. The molecule has 14 heavy (non-hydrogen) atoms. The van der Waals surface area contributed by atoms with Crippen LogP contribution in [0.25, 0.3) is 0 Å². The van der Waals surface area contributed by atoms with Crippen LogP contribution in [0.2, 0.25) is 0 Å². The number of hydrogen-bond acceptors (Lipinski definition) is 3. The van der Waals surface area contributed by atoms with Crippen LogP contribution in [0, 0.1) is 0 Å². The number of carbonyl (C=O) groups is 1. The molecule has 1 aromatic heterocycles. The molecule has 74 valence electrons. The summed E-state index contributed by atoms with van der Waals surface area (Å²) in [5, 5.41) is -0.452. The highest BCUT2D eigenvalue weighted by Gasteiger charge is 2.24. The summed E-state index contributed by atoms with van der Waals surface area (Å²) in [6, 6.07) is 3.64.